The molecule has 0 saturated carbocycles. The third-order valence-corrected chi connectivity index (χ3v) is 130. The third-order valence-electron chi connectivity index (χ3n) is 5.12. The molecule has 2 rings (SSSR count). The standard InChI is InChI=1S/C13H20N2.S59/c1-12(2)7-13(3,4)10-8(12)5-6-9(14)11(10)15;1-3-5-7-9-11-13-15-17-19-21-23-25-27-29-31-33-35-37-39-41-43-45-47-49-51-53-55-57-59-58-56-54-52-50-48-46-44-42-40-38-36-34-32-30-28-26-24-22-20-18-16-14-12-10-8-6-4-2/h5-6H,7,14-15H2,1-4H3;. The van der Waals surface area contributed by atoms with Crippen LogP contribution >= 0.6 is 0 Å². The van der Waals surface area contributed by atoms with E-state index in [1.54, 1.807) is 107 Å². The minimum absolute atomic E-state index is 0.137. The summed E-state index contributed by atoms with van der Waals surface area (Å²) in [6, 6.07) is 4.06. The zero-order valence-electron chi connectivity index (χ0n) is 34.1. The fourth-order valence-corrected chi connectivity index (χ4v) is 155. The first kappa shape index (κ1) is 83.8. The monoisotopic (exact) mass is 2090 g/mol. The molecule has 0 fully saturated rings. The number of nitrogen functional groups attached to an aromatic ring is 2. The van der Waals surface area contributed by atoms with Crippen molar-refractivity contribution in [1.29, 1.82) is 0 Å². The maximum Gasteiger partial charge on any atom is 0.0588 e. The van der Waals surface area contributed by atoms with Crippen molar-refractivity contribution in [2.75, 3.05) is 11.5 Å². The lowest BCUT2D eigenvalue weighted by Crippen LogP contribution is -2.18. The Balaban J connectivity index is 0.00000153. The zero-order chi connectivity index (χ0) is 53.7. The van der Waals surface area contributed by atoms with Crippen molar-refractivity contribution < 1.29 is 0 Å². The summed E-state index contributed by atoms with van der Waals surface area (Å²) in [5.74, 6) is 0. The molecule has 0 amide bonds. The molecule has 0 unspecified atom stereocenters. The summed E-state index contributed by atoms with van der Waals surface area (Å²) >= 11 is 9.64. The molecule has 0 atom stereocenters. The van der Waals surface area contributed by atoms with Crippen LogP contribution in [0.15, 0.2) is 12.1 Å². The van der Waals surface area contributed by atoms with Gasteiger partial charge in [-0.25, -0.2) is 0 Å². The molecule has 0 aliphatic heterocycles. The number of rotatable bonds is 0. The van der Waals surface area contributed by atoms with Gasteiger partial charge in [-0.2, -0.15) is 0 Å². The lowest BCUT2D eigenvalue weighted by Gasteiger charge is -2.23. The molecule has 74 heavy (non-hydrogen) atoms. The van der Waals surface area contributed by atoms with Gasteiger partial charge < -0.3 is 11.5 Å². The molecular formula is C13H20N2S59. The predicted octanol–water partition coefficient (Wildman–Crippen LogP) is 2.67. The van der Waals surface area contributed by atoms with Gasteiger partial charge in [0.05, 0.1) is 11.4 Å². The minimum atomic E-state index is 0.137. The Morgan fingerprint density at radius 2 is 0.432 bits per heavy atom. The highest BCUT2D eigenvalue weighted by atomic mass is 33.5. The van der Waals surface area contributed by atoms with Crippen molar-refractivity contribution in [2.45, 2.75) is 44.9 Å². The van der Waals surface area contributed by atoms with Crippen molar-refractivity contribution in [2.24, 2.45) is 0 Å². The van der Waals surface area contributed by atoms with E-state index in [1.807, 2.05) is 388 Å². The van der Waals surface area contributed by atoms with E-state index in [2.05, 4.69) is 33.8 Å². The van der Waals surface area contributed by atoms with Gasteiger partial charge in [0.1, 0.15) is 0 Å². The minimum Gasteiger partial charge on any atom is -0.397 e. The van der Waals surface area contributed by atoms with Crippen LogP contribution in [0.4, 0.5) is 11.4 Å². The molecule has 2 nitrogen and oxygen atoms in total. The normalized spacial score (nSPS) is 10.5. The van der Waals surface area contributed by atoms with E-state index in [-0.39, 0.29) is 10.8 Å². The average molecular weight is 2100 g/mol. The lowest BCUT2D eigenvalue weighted by molar-refractivity contribution is 0.403. The molecular weight excluding hydrogens is 2080 g/mol. The fourth-order valence-electron chi connectivity index (χ4n) is 3.84. The van der Waals surface area contributed by atoms with E-state index in [0.717, 1.165) is 12.1 Å². The second-order valence-electron chi connectivity index (χ2n) is 9.81. The highest BCUT2D eigenvalue weighted by Gasteiger charge is 2.43. The highest BCUT2D eigenvalue weighted by molar-refractivity contribution is 8.83. The van der Waals surface area contributed by atoms with Crippen LogP contribution in [0.1, 0.15) is 45.2 Å². The molecule has 0 bridgehead atoms. The molecule has 1 aliphatic carbocycles. The van der Waals surface area contributed by atoms with Gasteiger partial charge in [0.25, 0.3) is 0 Å². The summed E-state index contributed by atoms with van der Waals surface area (Å²) < 4.78 is 0. The topological polar surface area (TPSA) is 52.0 Å². The Labute approximate surface area is 602 Å². The number of nitrogens with two attached hydrogens (primary N) is 2. The van der Waals surface area contributed by atoms with Gasteiger partial charge >= 0.3 is 0 Å². The Kier molecular flexibility index (Phi) is 73.5. The maximum atomic E-state index is 6.11. The van der Waals surface area contributed by atoms with E-state index in [0.29, 0.717) is 5.69 Å². The van der Waals surface area contributed by atoms with Gasteiger partial charge in [-0.1, -0.05) is 33.8 Å². The van der Waals surface area contributed by atoms with Crippen molar-refractivity contribution in [3.05, 3.63) is 23.3 Å². The van der Waals surface area contributed by atoms with Crippen LogP contribution in [-0.2, 0) is 539 Å². The van der Waals surface area contributed by atoms with E-state index in [4.69, 9.17) is 33.8 Å². The summed E-state index contributed by atoms with van der Waals surface area (Å²) in [6.45, 7) is 9.04. The number of benzene rings is 1. The Morgan fingerprint density at radius 1 is 0.270 bits per heavy atom. The molecule has 0 heterocycles. The second-order valence-corrected chi connectivity index (χ2v) is 111. The van der Waals surface area contributed by atoms with Gasteiger partial charge in [0, 0.05) is 529 Å². The number of anilines is 2. The summed E-state index contributed by atoms with van der Waals surface area (Å²) in [6.07, 6.45) is 1.13. The van der Waals surface area contributed by atoms with Gasteiger partial charge in [-0.05, 0) is 34.4 Å². The molecule has 1 aliphatic rings. The van der Waals surface area contributed by atoms with Crippen molar-refractivity contribution in [3.8, 4) is 0 Å². The summed E-state index contributed by atoms with van der Waals surface area (Å²) in [7, 11) is 102. The van der Waals surface area contributed by atoms with Crippen molar-refractivity contribution in [3.63, 3.8) is 0 Å². The van der Waals surface area contributed by atoms with Crippen LogP contribution in [0.3, 0.4) is 0 Å². The number of fused-ring (bicyclic) bond motifs is 1. The lowest BCUT2D eigenvalue weighted by atomic mass is 9.81. The second kappa shape index (κ2) is 64.9. The smallest absolute Gasteiger partial charge is 0.0588 e. The van der Waals surface area contributed by atoms with E-state index < -0.39 is 0 Å². The Hall–Kier alpha value is 11.8. The van der Waals surface area contributed by atoms with E-state index in [1.165, 1.54) is 28.9 Å². The van der Waals surface area contributed by atoms with Gasteiger partial charge in [-0.3, -0.25) is 0 Å². The summed E-state index contributed by atoms with van der Waals surface area (Å²) in [5, 5.41) is 0. The molecule has 1 aromatic rings. The van der Waals surface area contributed by atoms with Gasteiger partial charge in [-0.15, -0.1) is 0 Å². The van der Waals surface area contributed by atoms with Crippen LogP contribution in [0.2, 0.25) is 0 Å². The maximum absolute atomic E-state index is 6.11. The highest BCUT2D eigenvalue weighted by Crippen LogP contribution is 2.52. The van der Waals surface area contributed by atoms with E-state index in [9.17, 15) is 0 Å². The number of hydrogen-bond acceptors (Lipinski definition) is 4. The average Bonchev–Trinajstić information content (AvgIpc) is 3.58. The predicted molar refractivity (Wildman–Crippen MR) is 500 cm³/mol. The van der Waals surface area contributed by atoms with E-state index >= 15 is 0 Å². The van der Waals surface area contributed by atoms with Crippen LogP contribution in [0.25, 0.3) is 0 Å². The molecule has 61 heteroatoms. The van der Waals surface area contributed by atoms with Gasteiger partial charge in [0.15, 0.2) is 0 Å². The molecule has 4 N–H and O–H groups in total. The quantitative estimate of drug-likeness (QED) is 0.394. The van der Waals surface area contributed by atoms with Gasteiger partial charge in [0.2, 0.25) is 0 Å². The van der Waals surface area contributed by atoms with Crippen LogP contribution < -0.4 is 11.5 Å². The van der Waals surface area contributed by atoms with Crippen LogP contribution in [-0.4, -0.2) is 0 Å². The molecule has 0 saturated heterocycles. The summed E-state index contributed by atoms with van der Waals surface area (Å²) in [4.78, 5) is 0. The molecule has 1 aromatic carbocycles. The first-order valence-corrected chi connectivity index (χ1v) is 92.4. The number of hydrogen-bond donors (Lipinski definition) is 2. The SMILES string of the molecule is CC1(C)CC(C)(C)c2c1ccc(N)c2N.S=S=S=S=S=S=S=S=S=S=S=S=S=S=S=S=S=S=S=S=S=S=S=S=S=S=S=S=S=S=S=S=S=S=S=S=S=S=S=S=S=S=S=S=S=S=S=S=S=S=S=S=S=S=S=S=S=S=S. The Bertz CT molecular complexity index is 4750. The molecule has 0 radical (unpaired) electrons. The Morgan fingerprint density at radius 3 is 0.595 bits per heavy atom. The third kappa shape index (κ3) is 54.4. The van der Waals surface area contributed by atoms with Crippen molar-refractivity contribution >= 4 is 540 Å². The van der Waals surface area contributed by atoms with Crippen molar-refractivity contribution in [1.82, 2.24) is 0 Å². The van der Waals surface area contributed by atoms with Crippen LogP contribution in [0, 0.1) is 0 Å². The zero-order valence-corrected chi connectivity index (χ0v) is 82.3. The summed E-state index contributed by atoms with van der Waals surface area (Å²) in [5.41, 5.74) is 16.4. The first-order chi connectivity index (χ1) is 36.2. The first-order valence-electron chi connectivity index (χ1n) is 15.1. The molecule has 0 aromatic heterocycles. The fraction of sp³-hybridized carbons (Fsp3) is 0.538. The molecule has 0 spiro atoms. The largest absolute Gasteiger partial charge is 0.397 e. The molecule has 436 valence electrons. The van der Waals surface area contributed by atoms with Crippen LogP contribution in [0.5, 0.6) is 0 Å².